The van der Waals surface area contributed by atoms with Crippen LogP contribution in [0.5, 0.6) is 0 Å². The van der Waals surface area contributed by atoms with Gasteiger partial charge in [-0.05, 0) is 56.1 Å². The summed E-state index contributed by atoms with van der Waals surface area (Å²) in [6.45, 7) is 12.1. The number of amidine groups is 1. The molecule has 0 bridgehead atoms. The Labute approximate surface area is 174 Å². The number of hydrogen-bond donors (Lipinski definition) is 1. The maximum Gasteiger partial charge on any atom is 0.239 e. The van der Waals surface area contributed by atoms with Crippen LogP contribution in [0.3, 0.4) is 0 Å². The lowest BCUT2D eigenvalue weighted by Crippen LogP contribution is -2.41. The van der Waals surface area contributed by atoms with Crippen molar-refractivity contribution < 1.29 is 4.79 Å². The highest BCUT2D eigenvalue weighted by Gasteiger charge is 2.14. The first-order chi connectivity index (χ1) is 14.2. The summed E-state index contributed by atoms with van der Waals surface area (Å²) in [5, 5.41) is 2.91. The van der Waals surface area contributed by atoms with E-state index in [1.165, 1.54) is 19.3 Å². The molecule has 0 radical (unpaired) electrons. The third kappa shape index (κ3) is 6.95. The fourth-order valence-corrected chi connectivity index (χ4v) is 3.30. The highest BCUT2D eigenvalue weighted by molar-refractivity contribution is 5.99. The third-order valence-electron chi connectivity index (χ3n) is 4.67. The number of amides is 1. The molecule has 1 aliphatic heterocycles. The second kappa shape index (κ2) is 11.9. The lowest BCUT2D eigenvalue weighted by atomic mass is 10.0. The molecule has 1 aliphatic rings. The van der Waals surface area contributed by atoms with E-state index in [9.17, 15) is 4.79 Å². The number of carbonyl (C=O) groups excluding carboxylic acids is 1. The minimum absolute atomic E-state index is 0.0123. The average molecular weight is 393 g/mol. The maximum atomic E-state index is 12.3. The molecule has 3 rings (SSSR count). The summed E-state index contributed by atoms with van der Waals surface area (Å²) in [4.78, 5) is 23.3. The fraction of sp³-hybridized carbons (Fsp3) is 0.375. The van der Waals surface area contributed by atoms with Crippen molar-refractivity contribution in [3.8, 4) is 11.1 Å². The van der Waals surface area contributed by atoms with Crippen LogP contribution in [-0.4, -0.2) is 41.3 Å². The normalized spacial score (nSPS) is 14.5. The number of rotatable bonds is 5. The van der Waals surface area contributed by atoms with Crippen molar-refractivity contribution in [1.29, 1.82) is 0 Å². The lowest BCUT2D eigenvalue weighted by molar-refractivity contribution is -0.121. The van der Waals surface area contributed by atoms with Gasteiger partial charge in [-0.15, -0.1) is 0 Å². The van der Waals surface area contributed by atoms with Crippen molar-refractivity contribution in [2.75, 3.05) is 19.6 Å². The molecule has 29 heavy (non-hydrogen) atoms. The van der Waals surface area contributed by atoms with Gasteiger partial charge in [-0.2, -0.15) is 0 Å². The maximum absolute atomic E-state index is 12.3. The van der Waals surface area contributed by atoms with Gasteiger partial charge in [-0.1, -0.05) is 51.1 Å². The number of nitrogens with zero attached hydrogens (tertiary/aromatic N) is 3. The van der Waals surface area contributed by atoms with Gasteiger partial charge in [-0.3, -0.25) is 14.7 Å². The molecule has 0 saturated carbocycles. The Bertz CT molecular complexity index is 824. The van der Waals surface area contributed by atoms with E-state index in [-0.39, 0.29) is 5.91 Å². The molecule has 1 fully saturated rings. The SMILES string of the molecule is C=Cc1ccc(-c2cccnc2)cc1N=C(C)NC(=O)CN1CCCCC1.CC. The molecule has 0 aliphatic carbocycles. The number of carbonyl (C=O) groups is 1. The molecule has 1 aromatic carbocycles. The van der Waals surface area contributed by atoms with Crippen molar-refractivity contribution in [1.82, 2.24) is 15.2 Å². The Kier molecular flexibility index (Phi) is 9.25. The van der Waals surface area contributed by atoms with Crippen LogP contribution >= 0.6 is 0 Å². The monoisotopic (exact) mass is 392 g/mol. The van der Waals surface area contributed by atoms with Crippen LogP contribution in [0, 0.1) is 0 Å². The predicted octanol–water partition coefficient (Wildman–Crippen LogP) is 5.07. The molecule has 5 nitrogen and oxygen atoms in total. The second-order valence-corrected chi connectivity index (χ2v) is 6.80. The zero-order chi connectivity index (χ0) is 21.1. The van der Waals surface area contributed by atoms with Gasteiger partial charge in [0.25, 0.3) is 0 Å². The summed E-state index contributed by atoms with van der Waals surface area (Å²) < 4.78 is 0. The first kappa shape index (κ1) is 22.5. The average Bonchev–Trinajstić information content (AvgIpc) is 2.76. The Balaban J connectivity index is 0.00000145. The Morgan fingerprint density at radius 1 is 1.21 bits per heavy atom. The molecule has 154 valence electrons. The van der Waals surface area contributed by atoms with E-state index in [4.69, 9.17) is 0 Å². The number of nitrogens with one attached hydrogen (secondary N) is 1. The molecule has 5 heteroatoms. The van der Waals surface area contributed by atoms with Crippen molar-refractivity contribution >= 4 is 23.5 Å². The van der Waals surface area contributed by atoms with Crippen LogP contribution in [-0.2, 0) is 4.79 Å². The summed E-state index contributed by atoms with van der Waals surface area (Å²) in [7, 11) is 0. The number of aliphatic imine (C=N–C) groups is 1. The number of aromatic nitrogens is 1. The van der Waals surface area contributed by atoms with E-state index >= 15 is 0 Å². The summed E-state index contributed by atoms with van der Waals surface area (Å²) in [6.07, 6.45) is 8.95. The number of benzene rings is 1. The van der Waals surface area contributed by atoms with Gasteiger partial charge in [0.2, 0.25) is 5.91 Å². The van der Waals surface area contributed by atoms with Gasteiger partial charge in [0.15, 0.2) is 0 Å². The largest absolute Gasteiger partial charge is 0.313 e. The van der Waals surface area contributed by atoms with Gasteiger partial charge < -0.3 is 5.32 Å². The standard InChI is InChI=1S/C22H26N4O.C2H6/c1-3-18-9-10-19(20-8-7-11-23-15-20)14-21(18)24-17(2)25-22(27)16-26-12-5-4-6-13-26;1-2/h3,7-11,14-15H,1,4-6,12-13,16H2,2H3,(H,24,25,27);1-2H3. The highest BCUT2D eigenvalue weighted by Crippen LogP contribution is 2.28. The van der Waals surface area contributed by atoms with E-state index in [0.717, 1.165) is 35.5 Å². The van der Waals surface area contributed by atoms with Crippen LogP contribution < -0.4 is 5.32 Å². The fourth-order valence-electron chi connectivity index (χ4n) is 3.30. The number of pyridine rings is 1. The molecule has 2 heterocycles. The second-order valence-electron chi connectivity index (χ2n) is 6.80. The molecule has 1 saturated heterocycles. The van der Waals surface area contributed by atoms with Crippen LogP contribution in [0.25, 0.3) is 17.2 Å². The molecular weight excluding hydrogens is 360 g/mol. The van der Waals surface area contributed by atoms with Crippen molar-refractivity contribution in [2.45, 2.75) is 40.0 Å². The van der Waals surface area contributed by atoms with E-state index in [1.54, 1.807) is 12.3 Å². The molecule has 0 spiro atoms. The number of piperidine rings is 1. The number of hydrogen-bond acceptors (Lipinski definition) is 4. The summed E-state index contributed by atoms with van der Waals surface area (Å²) in [5.41, 5.74) is 3.76. The van der Waals surface area contributed by atoms with Gasteiger partial charge in [0, 0.05) is 18.0 Å². The zero-order valence-corrected chi connectivity index (χ0v) is 17.8. The summed E-state index contributed by atoms with van der Waals surface area (Å²) >= 11 is 0. The molecule has 0 atom stereocenters. The molecule has 2 aromatic rings. The van der Waals surface area contributed by atoms with E-state index in [0.29, 0.717) is 12.4 Å². The predicted molar refractivity (Wildman–Crippen MR) is 122 cm³/mol. The highest BCUT2D eigenvalue weighted by atomic mass is 16.2. The van der Waals surface area contributed by atoms with Gasteiger partial charge in [0.05, 0.1) is 12.2 Å². The summed E-state index contributed by atoms with van der Waals surface area (Å²) in [5.74, 6) is 0.574. The van der Waals surface area contributed by atoms with Crippen molar-refractivity contribution in [3.63, 3.8) is 0 Å². The van der Waals surface area contributed by atoms with Crippen molar-refractivity contribution in [3.05, 3.63) is 54.9 Å². The van der Waals surface area contributed by atoms with Crippen LogP contribution in [0.2, 0.25) is 0 Å². The van der Waals surface area contributed by atoms with E-state index in [1.807, 2.05) is 57.3 Å². The van der Waals surface area contributed by atoms with Crippen molar-refractivity contribution in [2.24, 2.45) is 4.99 Å². The minimum Gasteiger partial charge on any atom is -0.313 e. The molecule has 1 amide bonds. The minimum atomic E-state index is -0.0123. The van der Waals surface area contributed by atoms with Crippen LogP contribution in [0.4, 0.5) is 5.69 Å². The molecule has 0 unspecified atom stereocenters. The topological polar surface area (TPSA) is 57.6 Å². The first-order valence-corrected chi connectivity index (χ1v) is 10.4. The Morgan fingerprint density at radius 2 is 1.97 bits per heavy atom. The van der Waals surface area contributed by atoms with Crippen LogP contribution in [0.1, 0.15) is 45.6 Å². The Hall–Kier alpha value is -2.79. The quantitative estimate of drug-likeness (QED) is 0.571. The molecular formula is C24H32N4O. The molecule has 1 N–H and O–H groups in total. The van der Waals surface area contributed by atoms with Gasteiger partial charge in [-0.25, -0.2) is 4.99 Å². The van der Waals surface area contributed by atoms with E-state index in [2.05, 4.69) is 26.8 Å². The molecule has 1 aromatic heterocycles. The Morgan fingerprint density at radius 3 is 2.62 bits per heavy atom. The smallest absolute Gasteiger partial charge is 0.239 e. The van der Waals surface area contributed by atoms with Gasteiger partial charge in [0.1, 0.15) is 5.84 Å². The first-order valence-electron chi connectivity index (χ1n) is 10.4. The third-order valence-corrected chi connectivity index (χ3v) is 4.67. The van der Waals surface area contributed by atoms with E-state index < -0.39 is 0 Å². The lowest BCUT2D eigenvalue weighted by Gasteiger charge is -2.25. The van der Waals surface area contributed by atoms with Crippen LogP contribution in [0.15, 0.2) is 54.3 Å². The van der Waals surface area contributed by atoms with Gasteiger partial charge >= 0.3 is 0 Å². The summed E-state index contributed by atoms with van der Waals surface area (Å²) in [6, 6.07) is 9.92. The number of likely N-dealkylation sites (tertiary alicyclic amines) is 1. The zero-order valence-electron chi connectivity index (χ0n) is 17.8.